The van der Waals surface area contributed by atoms with Crippen molar-refractivity contribution in [1.29, 1.82) is 0 Å². The lowest BCUT2D eigenvalue weighted by atomic mass is 9.82. The first-order valence-electron chi connectivity index (χ1n) is 17.7. The molecular weight excluding hydrogens is 661 g/mol. The molecule has 2 atom stereocenters. The number of hydrogen-bond acceptors (Lipinski definition) is 5. The molecule has 0 aliphatic carbocycles. The molecule has 0 aliphatic heterocycles. The maximum absolute atomic E-state index is 12.1. The quantitative estimate of drug-likeness (QED) is 0.220. The van der Waals surface area contributed by atoms with Crippen LogP contribution in [0.5, 0.6) is 11.5 Å². The summed E-state index contributed by atoms with van der Waals surface area (Å²) in [6, 6.07) is 12.4. The molecule has 0 saturated carbocycles. The number of hydrogen-bond donors (Lipinski definition) is 1. The third-order valence-electron chi connectivity index (χ3n) is 9.89. The summed E-state index contributed by atoms with van der Waals surface area (Å²) >= 11 is 0. The molecule has 2 aromatic rings. The lowest BCUT2D eigenvalue weighted by Crippen LogP contribution is -2.44. The van der Waals surface area contributed by atoms with Crippen molar-refractivity contribution in [2.45, 2.75) is 164 Å². The lowest BCUT2D eigenvalue weighted by molar-refractivity contribution is 0.0843. The minimum absolute atomic E-state index is 0.0411. The molecule has 0 fully saturated rings. The molecule has 1 N–H and O–H groups in total. The fraction of sp³-hybridized carbons (Fsp3) is 0.692. The van der Waals surface area contributed by atoms with Gasteiger partial charge < -0.3 is 22.8 Å². The zero-order valence-electron chi connectivity index (χ0n) is 34.3. The van der Waals surface area contributed by atoms with Crippen molar-refractivity contribution in [2.24, 2.45) is 10.8 Å². The molecule has 0 spiro atoms. The Hall–Kier alpha value is -1.21. The molecule has 2 rings (SSSR count). The Balaban J connectivity index is 2.85. The smallest absolute Gasteiger partial charge is 0.250 e. The van der Waals surface area contributed by atoms with E-state index in [1.165, 1.54) is 0 Å². The van der Waals surface area contributed by atoms with E-state index in [1.54, 1.807) is 0 Å². The summed E-state index contributed by atoms with van der Waals surface area (Å²) in [6.45, 7) is 44.7. The summed E-state index contributed by atoms with van der Waals surface area (Å²) in [5, 5.41) is 12.2. The molecular formula is C39H70O5Si4. The number of benzene rings is 2. The summed E-state index contributed by atoms with van der Waals surface area (Å²) < 4.78 is 27.4. The molecule has 0 aromatic heterocycles. The van der Waals surface area contributed by atoms with Gasteiger partial charge in [0.05, 0.1) is 12.2 Å². The van der Waals surface area contributed by atoms with Crippen LogP contribution in [-0.4, -0.2) is 39.8 Å². The number of rotatable bonds is 12. The molecule has 0 heterocycles. The van der Waals surface area contributed by atoms with E-state index in [2.05, 4.69) is 160 Å². The number of aliphatic hydroxyl groups is 1. The summed E-state index contributed by atoms with van der Waals surface area (Å²) in [6.07, 6.45) is -1.22. The average Bonchev–Trinajstić information content (AvgIpc) is 2.87. The average molecular weight is 731 g/mol. The normalized spacial score (nSPS) is 15.9. The highest BCUT2D eigenvalue weighted by molar-refractivity contribution is 6.75. The Labute approximate surface area is 301 Å². The van der Waals surface area contributed by atoms with Crippen LogP contribution in [0.3, 0.4) is 0 Å². The van der Waals surface area contributed by atoms with E-state index in [9.17, 15) is 5.11 Å². The van der Waals surface area contributed by atoms with Crippen LogP contribution in [0.25, 0.3) is 0 Å². The Morgan fingerprint density at radius 1 is 0.542 bits per heavy atom. The summed E-state index contributed by atoms with van der Waals surface area (Å²) in [5.41, 5.74) is 3.30. The van der Waals surface area contributed by atoms with Gasteiger partial charge >= 0.3 is 0 Å². The van der Waals surface area contributed by atoms with Gasteiger partial charge in [-0.05, 0) is 109 Å². The van der Waals surface area contributed by atoms with E-state index in [0.717, 1.165) is 33.8 Å². The van der Waals surface area contributed by atoms with E-state index in [-0.39, 0.29) is 33.1 Å². The fourth-order valence-electron chi connectivity index (χ4n) is 5.00. The van der Waals surface area contributed by atoms with E-state index in [4.69, 9.17) is 17.7 Å². The molecule has 9 heteroatoms. The van der Waals surface area contributed by atoms with Crippen molar-refractivity contribution < 1.29 is 22.8 Å². The van der Waals surface area contributed by atoms with Gasteiger partial charge in [0.25, 0.3) is 0 Å². The van der Waals surface area contributed by atoms with Crippen molar-refractivity contribution >= 4 is 34.7 Å². The molecule has 2 unspecified atom stereocenters. The molecule has 0 aliphatic rings. The third-order valence-corrected chi connectivity index (χ3v) is 20.0. The summed E-state index contributed by atoms with van der Waals surface area (Å²) in [4.78, 5) is 0. The minimum Gasteiger partial charge on any atom is -0.543 e. The molecule has 272 valence electrons. The standard InChI is InChI=1S/C39H70O5Si4/c1-36(2,3)34(41-45(13)14)29-25-27(21-23-31(29)43-47(17,18)38(7,8)9)33(40)28-22-24-32(44-48(19,20)39(10,11)12)30(26-28)35(37(4,5)6)42-46(15)16/h21-26,33-35,40H,1-20H3. The van der Waals surface area contributed by atoms with Crippen LogP contribution in [-0.2, 0) is 8.85 Å². The minimum atomic E-state index is -2.15. The van der Waals surface area contributed by atoms with E-state index in [1.807, 2.05) is 12.1 Å². The summed E-state index contributed by atoms with van der Waals surface area (Å²) in [5.74, 6) is 1.72. The van der Waals surface area contributed by atoms with Gasteiger partial charge in [-0.2, -0.15) is 0 Å². The Kier molecular flexibility index (Phi) is 13.6. The van der Waals surface area contributed by atoms with E-state index < -0.39 is 40.8 Å². The highest BCUT2D eigenvalue weighted by atomic mass is 28.4. The molecule has 48 heavy (non-hydrogen) atoms. The van der Waals surface area contributed by atoms with Gasteiger partial charge in [-0.3, -0.25) is 0 Å². The first kappa shape index (κ1) is 43.0. The predicted octanol–water partition coefficient (Wildman–Crippen LogP) is 12.2. The molecule has 5 nitrogen and oxygen atoms in total. The van der Waals surface area contributed by atoms with Crippen LogP contribution in [0.15, 0.2) is 36.4 Å². The zero-order valence-corrected chi connectivity index (χ0v) is 38.3. The van der Waals surface area contributed by atoms with Gasteiger partial charge in [0.15, 0.2) is 0 Å². The second kappa shape index (κ2) is 15.2. The molecule has 2 aromatic carbocycles. The SMILES string of the molecule is C[Si](C)OC(c1cc(C(O)c2ccc(O[Si](C)(C)C(C)(C)C)c(C(O[Si](C)C)C(C)(C)C)c2)ccc1O[Si](C)(C)C(C)(C)C)C(C)(C)C. The van der Waals surface area contributed by atoms with Crippen LogP contribution in [0.1, 0.15) is 124 Å². The van der Waals surface area contributed by atoms with Gasteiger partial charge in [0.2, 0.25) is 34.7 Å². The first-order chi connectivity index (χ1) is 21.4. The van der Waals surface area contributed by atoms with Crippen LogP contribution in [0, 0.1) is 10.8 Å². The molecule has 2 radical (unpaired) electrons. The van der Waals surface area contributed by atoms with Crippen molar-refractivity contribution in [3.8, 4) is 11.5 Å². The van der Waals surface area contributed by atoms with Gasteiger partial charge in [0, 0.05) is 11.1 Å². The second-order valence-electron chi connectivity index (χ2n) is 19.3. The van der Waals surface area contributed by atoms with Crippen LogP contribution in [0.2, 0.25) is 62.5 Å². The Morgan fingerprint density at radius 3 is 1.06 bits per heavy atom. The summed E-state index contributed by atoms with van der Waals surface area (Å²) in [7, 11) is -6.37. The topological polar surface area (TPSA) is 57.2 Å². The third kappa shape index (κ3) is 10.9. The second-order valence-corrected chi connectivity index (χ2v) is 32.8. The maximum Gasteiger partial charge on any atom is 0.250 e. The van der Waals surface area contributed by atoms with Gasteiger partial charge in [-0.15, -0.1) is 0 Å². The molecule has 0 amide bonds. The largest absolute Gasteiger partial charge is 0.543 e. The molecule has 0 saturated heterocycles. The van der Waals surface area contributed by atoms with Gasteiger partial charge in [-0.25, -0.2) is 0 Å². The van der Waals surface area contributed by atoms with Crippen molar-refractivity contribution in [3.05, 3.63) is 58.7 Å². The highest BCUT2D eigenvalue weighted by Crippen LogP contribution is 2.47. The van der Waals surface area contributed by atoms with E-state index >= 15 is 0 Å². The van der Waals surface area contributed by atoms with E-state index in [0.29, 0.717) is 0 Å². The van der Waals surface area contributed by atoms with Gasteiger partial charge in [-0.1, -0.05) is 95.2 Å². The Morgan fingerprint density at radius 2 is 0.833 bits per heavy atom. The van der Waals surface area contributed by atoms with Gasteiger partial charge in [0.1, 0.15) is 17.6 Å². The first-order valence-corrected chi connectivity index (χ1v) is 28.3. The highest BCUT2D eigenvalue weighted by Gasteiger charge is 2.42. The Bertz CT molecular complexity index is 1250. The predicted molar refractivity (Wildman–Crippen MR) is 214 cm³/mol. The fourth-order valence-corrected chi connectivity index (χ4v) is 8.99. The molecule has 0 bridgehead atoms. The van der Waals surface area contributed by atoms with Crippen LogP contribution in [0.4, 0.5) is 0 Å². The van der Waals surface area contributed by atoms with Crippen molar-refractivity contribution in [3.63, 3.8) is 0 Å². The van der Waals surface area contributed by atoms with Crippen molar-refractivity contribution in [1.82, 2.24) is 0 Å². The van der Waals surface area contributed by atoms with Crippen molar-refractivity contribution in [2.75, 3.05) is 0 Å². The van der Waals surface area contributed by atoms with Crippen LogP contribution >= 0.6 is 0 Å². The van der Waals surface area contributed by atoms with Crippen LogP contribution < -0.4 is 8.85 Å². The number of aliphatic hydroxyl groups excluding tert-OH is 1. The monoisotopic (exact) mass is 730 g/mol. The lowest BCUT2D eigenvalue weighted by Gasteiger charge is -2.40. The zero-order chi connectivity index (χ0) is 37.4. The maximum atomic E-state index is 12.1.